The van der Waals surface area contributed by atoms with Crippen LogP contribution in [0, 0.1) is 6.92 Å². The Morgan fingerprint density at radius 3 is 2.24 bits per heavy atom. The van der Waals surface area contributed by atoms with Crippen LogP contribution in [0.5, 0.6) is 0 Å². The standard InChI is InChI=1S/C20H24N2O3/c1-14-4-8-17(9-5-14)19(21-15(2)23)12-20(24)22-18-10-6-16(7-11-18)13-25-3/h4-11,19H,12-13H2,1-3H3,(H,21,23)(H,22,24)/t19-/m1/s1. The molecule has 0 bridgehead atoms. The van der Waals surface area contributed by atoms with Crippen LogP contribution in [0.25, 0.3) is 0 Å². The Balaban J connectivity index is 2.03. The average Bonchev–Trinajstić information content (AvgIpc) is 2.56. The summed E-state index contributed by atoms with van der Waals surface area (Å²) in [5, 5.41) is 5.71. The molecule has 0 saturated carbocycles. The number of carbonyl (C=O) groups is 2. The van der Waals surface area contributed by atoms with E-state index in [1.807, 2.05) is 55.5 Å². The first kappa shape index (κ1) is 18.7. The monoisotopic (exact) mass is 340 g/mol. The van der Waals surface area contributed by atoms with E-state index < -0.39 is 0 Å². The van der Waals surface area contributed by atoms with Crippen LogP contribution in [0.2, 0.25) is 0 Å². The van der Waals surface area contributed by atoms with Crippen molar-refractivity contribution in [3.05, 3.63) is 65.2 Å². The van der Waals surface area contributed by atoms with E-state index >= 15 is 0 Å². The van der Waals surface area contributed by atoms with E-state index in [2.05, 4.69) is 10.6 Å². The summed E-state index contributed by atoms with van der Waals surface area (Å²) < 4.78 is 5.07. The van der Waals surface area contributed by atoms with Crippen molar-refractivity contribution in [2.75, 3.05) is 12.4 Å². The molecule has 25 heavy (non-hydrogen) atoms. The van der Waals surface area contributed by atoms with Crippen LogP contribution < -0.4 is 10.6 Å². The van der Waals surface area contributed by atoms with Gasteiger partial charge in [-0.05, 0) is 30.2 Å². The second-order valence-electron chi connectivity index (χ2n) is 6.05. The first-order chi connectivity index (χ1) is 12.0. The van der Waals surface area contributed by atoms with E-state index in [0.29, 0.717) is 6.61 Å². The predicted molar refractivity (Wildman–Crippen MR) is 98.1 cm³/mol. The maximum Gasteiger partial charge on any atom is 0.226 e. The van der Waals surface area contributed by atoms with Gasteiger partial charge in [-0.3, -0.25) is 9.59 Å². The van der Waals surface area contributed by atoms with Gasteiger partial charge in [0.15, 0.2) is 0 Å². The molecule has 132 valence electrons. The van der Waals surface area contributed by atoms with Gasteiger partial charge in [-0.1, -0.05) is 42.0 Å². The highest BCUT2D eigenvalue weighted by atomic mass is 16.5. The van der Waals surface area contributed by atoms with Crippen LogP contribution in [0.15, 0.2) is 48.5 Å². The van der Waals surface area contributed by atoms with Gasteiger partial charge in [-0.25, -0.2) is 0 Å². The second kappa shape index (κ2) is 8.99. The van der Waals surface area contributed by atoms with Gasteiger partial charge in [-0.2, -0.15) is 0 Å². The number of aryl methyl sites for hydroxylation is 1. The lowest BCUT2D eigenvalue weighted by Crippen LogP contribution is -2.29. The number of rotatable bonds is 7. The fourth-order valence-corrected chi connectivity index (χ4v) is 2.54. The predicted octanol–water partition coefficient (Wildman–Crippen LogP) is 3.35. The molecule has 2 amide bonds. The summed E-state index contributed by atoms with van der Waals surface area (Å²) in [6, 6.07) is 14.9. The van der Waals surface area contributed by atoms with Gasteiger partial charge in [0.1, 0.15) is 0 Å². The first-order valence-corrected chi connectivity index (χ1v) is 8.19. The summed E-state index contributed by atoms with van der Waals surface area (Å²) in [5.41, 5.74) is 3.80. The van der Waals surface area contributed by atoms with Crippen molar-refractivity contribution in [3.63, 3.8) is 0 Å². The topological polar surface area (TPSA) is 67.4 Å². The summed E-state index contributed by atoms with van der Waals surface area (Å²) in [4.78, 5) is 23.8. The molecule has 0 radical (unpaired) electrons. The molecule has 2 aromatic rings. The Hall–Kier alpha value is -2.66. The van der Waals surface area contributed by atoms with E-state index in [4.69, 9.17) is 4.74 Å². The Labute approximate surface area is 148 Å². The van der Waals surface area contributed by atoms with Crippen LogP contribution in [0.1, 0.15) is 36.1 Å². The molecule has 2 rings (SSSR count). The number of amides is 2. The third-order valence-electron chi connectivity index (χ3n) is 3.80. The van der Waals surface area contributed by atoms with Gasteiger partial charge in [0.2, 0.25) is 11.8 Å². The molecular formula is C20H24N2O3. The molecule has 1 atom stereocenters. The van der Waals surface area contributed by atoms with Crippen molar-refractivity contribution < 1.29 is 14.3 Å². The number of methoxy groups -OCH3 is 1. The van der Waals surface area contributed by atoms with Gasteiger partial charge < -0.3 is 15.4 Å². The van der Waals surface area contributed by atoms with E-state index in [9.17, 15) is 9.59 Å². The molecule has 0 unspecified atom stereocenters. The van der Waals surface area contributed by atoms with Gasteiger partial charge >= 0.3 is 0 Å². The lowest BCUT2D eigenvalue weighted by molar-refractivity contribution is -0.120. The fraction of sp³-hybridized carbons (Fsp3) is 0.300. The lowest BCUT2D eigenvalue weighted by Gasteiger charge is -2.18. The molecule has 0 aliphatic carbocycles. The summed E-state index contributed by atoms with van der Waals surface area (Å²) in [7, 11) is 1.64. The number of nitrogens with one attached hydrogen (secondary N) is 2. The summed E-state index contributed by atoms with van der Waals surface area (Å²) in [6.07, 6.45) is 0.169. The van der Waals surface area contributed by atoms with E-state index in [0.717, 1.165) is 22.4 Å². The highest BCUT2D eigenvalue weighted by Crippen LogP contribution is 2.19. The van der Waals surface area contributed by atoms with Crippen molar-refractivity contribution in [1.29, 1.82) is 0 Å². The zero-order chi connectivity index (χ0) is 18.2. The van der Waals surface area contributed by atoms with Crippen LogP contribution in [-0.4, -0.2) is 18.9 Å². The Kier molecular flexibility index (Phi) is 6.71. The molecule has 5 heteroatoms. The van der Waals surface area contributed by atoms with Gasteiger partial charge in [0, 0.05) is 19.7 Å². The molecule has 0 saturated heterocycles. The number of carbonyl (C=O) groups excluding carboxylic acids is 2. The van der Waals surface area contributed by atoms with Gasteiger partial charge in [-0.15, -0.1) is 0 Å². The number of hydrogen-bond donors (Lipinski definition) is 2. The van der Waals surface area contributed by atoms with Crippen molar-refractivity contribution in [2.24, 2.45) is 0 Å². The van der Waals surface area contributed by atoms with Gasteiger partial charge in [0.05, 0.1) is 19.1 Å². The van der Waals surface area contributed by atoms with Crippen LogP contribution in [-0.2, 0) is 20.9 Å². The second-order valence-corrected chi connectivity index (χ2v) is 6.05. The molecule has 0 heterocycles. The Bertz CT molecular complexity index is 709. The molecule has 0 aromatic heterocycles. The Morgan fingerprint density at radius 2 is 1.68 bits per heavy atom. The van der Waals surface area contributed by atoms with Crippen LogP contribution in [0.4, 0.5) is 5.69 Å². The lowest BCUT2D eigenvalue weighted by atomic mass is 10.0. The third-order valence-corrected chi connectivity index (χ3v) is 3.80. The van der Waals surface area contributed by atoms with Crippen molar-refractivity contribution in [3.8, 4) is 0 Å². The van der Waals surface area contributed by atoms with Gasteiger partial charge in [0.25, 0.3) is 0 Å². The molecule has 5 nitrogen and oxygen atoms in total. The van der Waals surface area contributed by atoms with Crippen molar-refractivity contribution >= 4 is 17.5 Å². The number of benzene rings is 2. The first-order valence-electron chi connectivity index (χ1n) is 8.19. The number of hydrogen-bond acceptors (Lipinski definition) is 3. The quantitative estimate of drug-likeness (QED) is 0.812. The summed E-state index contributed by atoms with van der Waals surface area (Å²) in [6.45, 7) is 3.98. The van der Waals surface area contributed by atoms with Crippen molar-refractivity contribution in [1.82, 2.24) is 5.32 Å². The maximum absolute atomic E-state index is 12.4. The van der Waals surface area contributed by atoms with Crippen LogP contribution >= 0.6 is 0 Å². The fourth-order valence-electron chi connectivity index (χ4n) is 2.54. The SMILES string of the molecule is COCc1ccc(NC(=O)C[C@@H](NC(C)=O)c2ccc(C)cc2)cc1. The minimum absolute atomic E-state index is 0.154. The average molecular weight is 340 g/mol. The number of ether oxygens (including phenoxy) is 1. The third kappa shape index (κ3) is 6.04. The highest BCUT2D eigenvalue weighted by Gasteiger charge is 2.17. The normalized spacial score (nSPS) is 11.6. The molecule has 0 aliphatic heterocycles. The molecule has 2 aromatic carbocycles. The van der Waals surface area contributed by atoms with E-state index in [1.54, 1.807) is 7.11 Å². The maximum atomic E-state index is 12.4. The largest absolute Gasteiger partial charge is 0.380 e. The van der Waals surface area contributed by atoms with Crippen molar-refractivity contribution in [2.45, 2.75) is 32.9 Å². The molecule has 0 spiro atoms. The minimum atomic E-state index is -0.356. The zero-order valence-corrected chi connectivity index (χ0v) is 14.8. The molecule has 0 aliphatic rings. The van der Waals surface area contributed by atoms with E-state index in [1.165, 1.54) is 6.92 Å². The smallest absolute Gasteiger partial charge is 0.226 e. The van der Waals surface area contributed by atoms with Crippen LogP contribution in [0.3, 0.4) is 0 Å². The van der Waals surface area contributed by atoms with E-state index in [-0.39, 0.29) is 24.3 Å². The summed E-state index contributed by atoms with van der Waals surface area (Å²) in [5.74, 6) is -0.318. The number of anilines is 1. The Morgan fingerprint density at radius 1 is 1.04 bits per heavy atom. The molecule has 2 N–H and O–H groups in total. The highest BCUT2D eigenvalue weighted by molar-refractivity contribution is 5.91. The summed E-state index contributed by atoms with van der Waals surface area (Å²) >= 11 is 0. The molecular weight excluding hydrogens is 316 g/mol. The zero-order valence-electron chi connectivity index (χ0n) is 14.8. The molecule has 0 fully saturated rings. The minimum Gasteiger partial charge on any atom is -0.380 e.